The van der Waals surface area contributed by atoms with Gasteiger partial charge in [0.25, 0.3) is 0 Å². The van der Waals surface area contributed by atoms with Crippen molar-refractivity contribution in [2.24, 2.45) is 0 Å². The summed E-state index contributed by atoms with van der Waals surface area (Å²) in [7, 11) is -2.22. The molecule has 0 bridgehead atoms. The Bertz CT molecular complexity index is 793. The number of ether oxygens (including phenoxy) is 2. The first-order valence-electron chi connectivity index (χ1n) is 8.64. The summed E-state index contributed by atoms with van der Waals surface area (Å²) < 4.78 is 37.9. The molecule has 1 aliphatic rings. The summed E-state index contributed by atoms with van der Waals surface area (Å²) in [6, 6.07) is 4.42. The summed E-state index contributed by atoms with van der Waals surface area (Å²) in [5, 5.41) is 8.24. The van der Waals surface area contributed by atoms with Crippen molar-refractivity contribution in [1.82, 2.24) is 9.62 Å². The molecular formula is C17H24N2O7S2. The van der Waals surface area contributed by atoms with Crippen LogP contribution in [0.5, 0.6) is 5.75 Å². The fourth-order valence-electron chi connectivity index (χ4n) is 2.67. The van der Waals surface area contributed by atoms with E-state index in [2.05, 4.69) is 9.62 Å². The number of thioether (sulfide) groups is 1. The summed E-state index contributed by atoms with van der Waals surface area (Å²) in [5.41, 5.74) is 0.564. The summed E-state index contributed by atoms with van der Waals surface area (Å²) >= 11 is 0.647. The molecule has 1 aromatic carbocycles. The van der Waals surface area contributed by atoms with Gasteiger partial charge in [0.2, 0.25) is 15.1 Å². The molecule has 28 heavy (non-hydrogen) atoms. The predicted molar refractivity (Wildman–Crippen MR) is 105 cm³/mol. The number of hydrogen-bond donors (Lipinski definition) is 2. The third-order valence-electron chi connectivity index (χ3n) is 4.04. The average Bonchev–Trinajstić information content (AvgIpc) is 2.66. The number of nitrogens with zero attached hydrogens (tertiary/aromatic N) is 1. The minimum Gasteiger partial charge on any atom is -0.496 e. The fourth-order valence-corrected chi connectivity index (χ4v) is 4.36. The zero-order valence-electron chi connectivity index (χ0n) is 15.5. The quantitative estimate of drug-likeness (QED) is 0.541. The molecule has 0 aromatic heterocycles. The average molecular weight is 433 g/mol. The number of methoxy groups -OCH3 is 1. The first-order chi connectivity index (χ1) is 13.3. The van der Waals surface area contributed by atoms with E-state index in [-0.39, 0.29) is 23.6 Å². The van der Waals surface area contributed by atoms with Crippen molar-refractivity contribution in [3.63, 3.8) is 0 Å². The lowest BCUT2D eigenvalue weighted by molar-refractivity contribution is -0.133. The lowest BCUT2D eigenvalue weighted by Crippen LogP contribution is -2.41. The van der Waals surface area contributed by atoms with E-state index < -0.39 is 21.1 Å². The molecule has 0 spiro atoms. The summed E-state index contributed by atoms with van der Waals surface area (Å²) in [4.78, 5) is 24.8. The Morgan fingerprint density at radius 1 is 1.32 bits per heavy atom. The molecule has 1 saturated heterocycles. The molecule has 1 aliphatic heterocycles. The third-order valence-corrected chi connectivity index (χ3v) is 6.27. The largest absolute Gasteiger partial charge is 0.496 e. The van der Waals surface area contributed by atoms with Crippen molar-refractivity contribution in [2.75, 3.05) is 52.3 Å². The molecule has 0 unspecified atom stereocenters. The smallest absolute Gasteiger partial charge is 0.313 e. The van der Waals surface area contributed by atoms with Gasteiger partial charge in [-0.05, 0) is 18.2 Å². The lowest BCUT2D eigenvalue weighted by atomic mass is 10.1. The SMILES string of the molecule is COc1ccc(C(=O)SCC(=O)O)cc1CS(=O)(=O)NCCN1CCOCC1. The highest BCUT2D eigenvalue weighted by Gasteiger charge is 2.18. The summed E-state index contributed by atoms with van der Waals surface area (Å²) in [5.74, 6) is -1.46. The molecule has 11 heteroatoms. The second-order valence-electron chi connectivity index (χ2n) is 6.10. The fraction of sp³-hybridized carbons (Fsp3) is 0.529. The number of rotatable bonds is 10. The molecule has 0 aliphatic carbocycles. The number of benzene rings is 1. The normalized spacial score (nSPS) is 15.3. The van der Waals surface area contributed by atoms with E-state index in [0.717, 1.165) is 13.1 Å². The van der Waals surface area contributed by atoms with Crippen LogP contribution < -0.4 is 9.46 Å². The number of carboxylic acid groups (broad SMARTS) is 1. The number of aliphatic carboxylic acids is 1. The highest BCUT2D eigenvalue weighted by molar-refractivity contribution is 8.14. The topological polar surface area (TPSA) is 122 Å². The Balaban J connectivity index is 2.00. The maximum absolute atomic E-state index is 12.4. The van der Waals surface area contributed by atoms with Crippen molar-refractivity contribution in [1.29, 1.82) is 0 Å². The van der Waals surface area contributed by atoms with Gasteiger partial charge in [-0.15, -0.1) is 0 Å². The van der Waals surface area contributed by atoms with Gasteiger partial charge in [-0.2, -0.15) is 0 Å². The van der Waals surface area contributed by atoms with Crippen molar-refractivity contribution >= 4 is 32.9 Å². The third kappa shape index (κ3) is 7.40. The van der Waals surface area contributed by atoms with Crippen molar-refractivity contribution in [2.45, 2.75) is 5.75 Å². The van der Waals surface area contributed by atoms with Crippen LogP contribution in [0.4, 0.5) is 0 Å². The highest BCUT2D eigenvalue weighted by Crippen LogP contribution is 2.24. The van der Waals surface area contributed by atoms with E-state index in [4.69, 9.17) is 14.6 Å². The Morgan fingerprint density at radius 2 is 2.04 bits per heavy atom. The number of morpholine rings is 1. The molecule has 156 valence electrons. The Morgan fingerprint density at radius 3 is 2.68 bits per heavy atom. The van der Waals surface area contributed by atoms with Crippen LogP contribution in [-0.2, 0) is 25.3 Å². The van der Waals surface area contributed by atoms with Gasteiger partial charge in [0.05, 0.1) is 31.8 Å². The van der Waals surface area contributed by atoms with Gasteiger partial charge in [0, 0.05) is 37.3 Å². The van der Waals surface area contributed by atoms with E-state index >= 15 is 0 Å². The maximum Gasteiger partial charge on any atom is 0.313 e. The molecule has 1 heterocycles. The Hall–Kier alpha value is -1.66. The number of carbonyl (C=O) groups excluding carboxylic acids is 1. The number of sulfonamides is 1. The summed E-state index contributed by atoms with van der Waals surface area (Å²) in [6.07, 6.45) is 0. The van der Waals surface area contributed by atoms with Gasteiger partial charge in [-0.1, -0.05) is 11.8 Å². The van der Waals surface area contributed by atoms with Crippen LogP contribution in [0.25, 0.3) is 0 Å². The van der Waals surface area contributed by atoms with Crippen LogP contribution in [0, 0.1) is 0 Å². The molecule has 9 nitrogen and oxygen atoms in total. The van der Waals surface area contributed by atoms with Gasteiger partial charge >= 0.3 is 5.97 Å². The van der Waals surface area contributed by atoms with E-state index in [9.17, 15) is 18.0 Å². The van der Waals surface area contributed by atoms with E-state index in [1.807, 2.05) is 0 Å². The van der Waals surface area contributed by atoms with Crippen LogP contribution >= 0.6 is 11.8 Å². The Kier molecular flexibility index (Phi) is 8.70. The first-order valence-corrected chi connectivity index (χ1v) is 11.3. The molecule has 0 atom stereocenters. The van der Waals surface area contributed by atoms with E-state index in [1.54, 1.807) is 0 Å². The summed E-state index contributed by atoms with van der Waals surface area (Å²) in [6.45, 7) is 3.69. The van der Waals surface area contributed by atoms with Crippen LogP contribution in [0.1, 0.15) is 15.9 Å². The maximum atomic E-state index is 12.4. The molecule has 1 aromatic rings. The molecule has 2 rings (SSSR count). The van der Waals surface area contributed by atoms with Crippen molar-refractivity contribution in [3.8, 4) is 5.75 Å². The van der Waals surface area contributed by atoms with Crippen molar-refractivity contribution in [3.05, 3.63) is 29.3 Å². The minimum atomic E-state index is -3.64. The van der Waals surface area contributed by atoms with E-state index in [0.29, 0.717) is 42.8 Å². The number of carboxylic acids is 1. The minimum absolute atomic E-state index is 0.227. The van der Waals surface area contributed by atoms with Crippen LogP contribution in [0.3, 0.4) is 0 Å². The second kappa shape index (κ2) is 10.8. The van der Waals surface area contributed by atoms with E-state index in [1.165, 1.54) is 25.3 Å². The molecular weight excluding hydrogens is 408 g/mol. The lowest BCUT2D eigenvalue weighted by Gasteiger charge is -2.26. The molecule has 0 amide bonds. The van der Waals surface area contributed by atoms with Crippen LogP contribution in [0.15, 0.2) is 18.2 Å². The zero-order chi connectivity index (χ0) is 20.6. The van der Waals surface area contributed by atoms with Gasteiger partial charge < -0.3 is 14.6 Å². The number of nitrogens with one attached hydrogen (secondary N) is 1. The second-order valence-corrected chi connectivity index (χ2v) is 8.86. The van der Waals surface area contributed by atoms with Gasteiger partial charge in [0.15, 0.2) is 0 Å². The molecule has 0 radical (unpaired) electrons. The predicted octanol–water partition coefficient (Wildman–Crippen LogP) is 0.405. The standard InChI is InChI=1S/C17H24N2O7S2/c1-25-15-3-2-13(17(22)27-11-16(20)21)10-14(15)12-28(23,24)18-4-5-19-6-8-26-9-7-19/h2-3,10,18H,4-9,11-12H2,1H3,(H,20,21). The van der Waals surface area contributed by atoms with Crippen LogP contribution in [0.2, 0.25) is 0 Å². The van der Waals surface area contributed by atoms with Gasteiger partial charge in [-0.25, -0.2) is 13.1 Å². The van der Waals surface area contributed by atoms with Gasteiger partial charge in [-0.3, -0.25) is 14.5 Å². The van der Waals surface area contributed by atoms with Crippen LogP contribution in [-0.4, -0.2) is 81.8 Å². The molecule has 2 N–H and O–H groups in total. The first kappa shape index (κ1) is 22.6. The van der Waals surface area contributed by atoms with Crippen molar-refractivity contribution < 1.29 is 32.6 Å². The monoisotopic (exact) mass is 432 g/mol. The number of carbonyl (C=O) groups is 2. The molecule has 0 saturated carbocycles. The Labute approximate surface area is 168 Å². The zero-order valence-corrected chi connectivity index (χ0v) is 17.2. The van der Waals surface area contributed by atoms with Gasteiger partial charge in [0.1, 0.15) is 5.75 Å². The number of hydrogen-bond acceptors (Lipinski definition) is 8. The molecule has 1 fully saturated rings. The highest BCUT2D eigenvalue weighted by atomic mass is 32.2.